The molecule has 1 N–H and O–H groups in total. The maximum atomic E-state index is 10.2. The summed E-state index contributed by atoms with van der Waals surface area (Å²) in [5.74, 6) is 0. The zero-order valence-electron chi connectivity index (χ0n) is 14.7. The van der Waals surface area contributed by atoms with E-state index in [2.05, 4.69) is 55.4 Å². The number of hydrogen-bond acceptors (Lipinski definition) is 2. The minimum Gasteiger partial charge on any atom is -0.413 e. The lowest BCUT2D eigenvalue weighted by molar-refractivity contribution is 0.143. The van der Waals surface area contributed by atoms with Gasteiger partial charge in [-0.1, -0.05) is 47.1 Å². The molecule has 0 radical (unpaired) electrons. The molecule has 0 saturated heterocycles. The average molecular weight is 299 g/mol. The molecule has 0 unspecified atom stereocenters. The first-order valence-electron chi connectivity index (χ1n) is 8.15. The van der Waals surface area contributed by atoms with Crippen LogP contribution in [0.4, 0.5) is 0 Å². The molecule has 0 aromatic rings. The molecule has 0 amide bonds. The second-order valence-corrected chi connectivity index (χ2v) is 12.9. The molecular weight excluding hydrogens is 264 g/mol. The lowest BCUT2D eigenvalue weighted by atomic mass is 10.1. The molecule has 2 nitrogen and oxygen atoms in total. The fourth-order valence-corrected chi connectivity index (χ4v) is 9.75. The Morgan fingerprint density at radius 1 is 1.05 bits per heavy atom. The Morgan fingerprint density at radius 2 is 1.50 bits per heavy atom. The number of hydrogen-bond donors (Lipinski definition) is 1. The summed E-state index contributed by atoms with van der Waals surface area (Å²) in [6.45, 7) is 18.1. The lowest BCUT2D eigenvalue weighted by Gasteiger charge is -2.44. The third-order valence-corrected chi connectivity index (χ3v) is 11.2. The number of aliphatic hydroxyl groups excluding tert-OH is 1. The van der Waals surface area contributed by atoms with Crippen LogP contribution in [0.3, 0.4) is 0 Å². The van der Waals surface area contributed by atoms with Crippen LogP contribution in [-0.4, -0.2) is 25.6 Å². The molecule has 1 rings (SSSR count). The van der Waals surface area contributed by atoms with Crippen molar-refractivity contribution in [3.05, 3.63) is 11.1 Å². The van der Waals surface area contributed by atoms with E-state index in [0.717, 1.165) is 12.8 Å². The molecule has 0 aromatic heterocycles. The second kappa shape index (κ2) is 6.76. The molecule has 0 aliphatic heterocycles. The quantitative estimate of drug-likeness (QED) is 0.569. The average Bonchev–Trinajstić information content (AvgIpc) is 2.65. The maximum absolute atomic E-state index is 10.2. The van der Waals surface area contributed by atoms with Crippen LogP contribution in [0, 0.1) is 0 Å². The monoisotopic (exact) mass is 298 g/mol. The SMILES string of the molecule is CC(C)=C1C[C@@H](O[Si](C(C)C)(C(C)C)C(C)C)C[C@H]1O. The van der Waals surface area contributed by atoms with Gasteiger partial charge in [-0.15, -0.1) is 0 Å². The van der Waals surface area contributed by atoms with Gasteiger partial charge in [-0.3, -0.25) is 0 Å². The van der Waals surface area contributed by atoms with Crippen molar-refractivity contribution in [1.29, 1.82) is 0 Å². The van der Waals surface area contributed by atoms with Gasteiger partial charge in [0.15, 0.2) is 0 Å². The third kappa shape index (κ3) is 3.37. The van der Waals surface area contributed by atoms with Crippen molar-refractivity contribution in [3.63, 3.8) is 0 Å². The van der Waals surface area contributed by atoms with Gasteiger partial charge in [0, 0.05) is 6.42 Å². The molecule has 0 heterocycles. The highest BCUT2D eigenvalue weighted by atomic mass is 28.4. The highest BCUT2D eigenvalue weighted by Crippen LogP contribution is 2.45. The largest absolute Gasteiger partial charge is 0.413 e. The van der Waals surface area contributed by atoms with Gasteiger partial charge < -0.3 is 9.53 Å². The van der Waals surface area contributed by atoms with E-state index >= 15 is 0 Å². The van der Waals surface area contributed by atoms with Gasteiger partial charge in [0.25, 0.3) is 0 Å². The van der Waals surface area contributed by atoms with E-state index in [0.29, 0.717) is 16.6 Å². The normalized spacial score (nSPS) is 24.3. The van der Waals surface area contributed by atoms with Gasteiger partial charge in [0.2, 0.25) is 8.32 Å². The minimum atomic E-state index is -1.82. The molecule has 1 aliphatic carbocycles. The van der Waals surface area contributed by atoms with Gasteiger partial charge in [-0.2, -0.15) is 0 Å². The molecule has 0 bridgehead atoms. The molecule has 20 heavy (non-hydrogen) atoms. The Kier molecular flexibility index (Phi) is 6.06. The molecule has 1 aliphatic rings. The van der Waals surface area contributed by atoms with Crippen LogP contribution in [0.25, 0.3) is 0 Å². The summed E-state index contributed by atoms with van der Waals surface area (Å²) in [5.41, 5.74) is 4.28. The summed E-state index contributed by atoms with van der Waals surface area (Å²) in [7, 11) is -1.82. The van der Waals surface area contributed by atoms with Crippen LogP contribution < -0.4 is 0 Å². The fraction of sp³-hybridized carbons (Fsp3) is 0.882. The highest BCUT2D eigenvalue weighted by molar-refractivity contribution is 6.77. The zero-order chi connectivity index (χ0) is 15.7. The number of aliphatic hydroxyl groups is 1. The summed E-state index contributed by atoms with van der Waals surface area (Å²) in [6, 6.07) is 0. The molecule has 0 spiro atoms. The lowest BCUT2D eigenvalue weighted by Crippen LogP contribution is -2.49. The minimum absolute atomic E-state index is 0.216. The second-order valence-electron chi connectivity index (χ2n) is 7.54. The summed E-state index contributed by atoms with van der Waals surface area (Å²) in [4.78, 5) is 0. The zero-order valence-corrected chi connectivity index (χ0v) is 15.7. The van der Waals surface area contributed by atoms with E-state index in [-0.39, 0.29) is 12.2 Å². The third-order valence-electron chi connectivity index (χ3n) is 5.06. The van der Waals surface area contributed by atoms with Crippen molar-refractivity contribution in [2.24, 2.45) is 0 Å². The Hall–Kier alpha value is -0.123. The fourth-order valence-electron chi connectivity index (χ4n) is 4.18. The Labute approximate surface area is 126 Å². The first kappa shape index (κ1) is 17.9. The molecule has 1 saturated carbocycles. The predicted molar refractivity (Wildman–Crippen MR) is 89.5 cm³/mol. The van der Waals surface area contributed by atoms with Crippen molar-refractivity contribution in [2.45, 2.75) is 97.1 Å². The summed E-state index contributed by atoms with van der Waals surface area (Å²) >= 11 is 0. The topological polar surface area (TPSA) is 29.5 Å². The molecule has 3 heteroatoms. The molecule has 1 fully saturated rings. The van der Waals surface area contributed by atoms with Gasteiger partial charge in [0.05, 0.1) is 12.2 Å². The van der Waals surface area contributed by atoms with Gasteiger partial charge >= 0.3 is 0 Å². The smallest absolute Gasteiger partial charge is 0.200 e. The molecule has 118 valence electrons. The van der Waals surface area contributed by atoms with Crippen molar-refractivity contribution in [3.8, 4) is 0 Å². The van der Waals surface area contributed by atoms with Crippen LogP contribution in [0.1, 0.15) is 68.2 Å². The first-order valence-corrected chi connectivity index (χ1v) is 10.3. The van der Waals surface area contributed by atoms with E-state index in [1.807, 2.05) is 0 Å². The maximum Gasteiger partial charge on any atom is 0.200 e. The van der Waals surface area contributed by atoms with Gasteiger partial charge in [-0.05, 0) is 42.5 Å². The first-order chi connectivity index (χ1) is 9.12. The van der Waals surface area contributed by atoms with Crippen LogP contribution in [0.15, 0.2) is 11.1 Å². The van der Waals surface area contributed by atoms with Crippen molar-refractivity contribution < 1.29 is 9.53 Å². The Morgan fingerprint density at radius 3 is 1.80 bits per heavy atom. The van der Waals surface area contributed by atoms with E-state index in [4.69, 9.17) is 4.43 Å². The molecule has 2 atom stereocenters. The summed E-state index contributed by atoms with van der Waals surface area (Å²) < 4.78 is 6.78. The van der Waals surface area contributed by atoms with Gasteiger partial charge in [0.1, 0.15) is 0 Å². The van der Waals surface area contributed by atoms with Gasteiger partial charge in [-0.25, -0.2) is 0 Å². The van der Waals surface area contributed by atoms with E-state index < -0.39 is 8.32 Å². The number of allylic oxidation sites excluding steroid dienone is 1. The molecule has 0 aromatic carbocycles. The van der Waals surface area contributed by atoms with E-state index in [9.17, 15) is 5.11 Å². The van der Waals surface area contributed by atoms with Crippen LogP contribution >= 0.6 is 0 Å². The van der Waals surface area contributed by atoms with Crippen molar-refractivity contribution in [2.75, 3.05) is 0 Å². The van der Waals surface area contributed by atoms with Crippen LogP contribution in [-0.2, 0) is 4.43 Å². The van der Waals surface area contributed by atoms with Crippen LogP contribution in [0.2, 0.25) is 16.6 Å². The highest BCUT2D eigenvalue weighted by Gasteiger charge is 2.47. The summed E-state index contributed by atoms with van der Waals surface area (Å²) in [6.07, 6.45) is 1.63. The summed E-state index contributed by atoms with van der Waals surface area (Å²) in [5, 5.41) is 10.2. The Balaban J connectivity index is 2.96. The van der Waals surface area contributed by atoms with Crippen molar-refractivity contribution >= 4 is 8.32 Å². The van der Waals surface area contributed by atoms with E-state index in [1.54, 1.807) is 0 Å². The van der Waals surface area contributed by atoms with Crippen molar-refractivity contribution in [1.82, 2.24) is 0 Å². The number of rotatable bonds is 5. The van der Waals surface area contributed by atoms with Crippen LogP contribution in [0.5, 0.6) is 0 Å². The molecular formula is C17H34O2Si. The standard InChI is InChI=1S/C17H34O2Si/c1-11(2)16-9-15(10-17(16)18)19-20(12(3)4,13(5)6)14(7)8/h12-15,17-18H,9-10H2,1-8H3/t15-,17-/m1/s1. The van der Waals surface area contributed by atoms with E-state index in [1.165, 1.54) is 11.1 Å². The Bertz CT molecular complexity index is 332. The predicted octanol–water partition coefficient (Wildman–Crippen LogP) is 5.04.